The minimum absolute atomic E-state index is 0.587. The Morgan fingerprint density at radius 2 is 1.56 bits per heavy atom. The summed E-state index contributed by atoms with van der Waals surface area (Å²) in [5.74, 6) is 1.29. The molecule has 1 aromatic carbocycles. The molecular formula is C29H33N2O+. The Hall–Kier alpha value is -2.68. The van der Waals surface area contributed by atoms with E-state index < -0.39 is 0 Å². The number of rotatable bonds is 3. The van der Waals surface area contributed by atoms with E-state index >= 15 is 0 Å². The number of hydrogen-bond donors (Lipinski definition) is 0. The number of pyridine rings is 2. The van der Waals surface area contributed by atoms with Crippen molar-refractivity contribution < 1.29 is 8.98 Å². The van der Waals surface area contributed by atoms with E-state index in [9.17, 15) is 0 Å². The van der Waals surface area contributed by atoms with Crippen LogP contribution < -0.4 is 4.57 Å². The lowest BCUT2D eigenvalue weighted by molar-refractivity contribution is -0.660. The van der Waals surface area contributed by atoms with Crippen LogP contribution in [-0.4, -0.2) is 4.98 Å². The van der Waals surface area contributed by atoms with Gasteiger partial charge in [0.25, 0.3) is 0 Å². The molecule has 3 heterocycles. The summed E-state index contributed by atoms with van der Waals surface area (Å²) in [6, 6.07) is 13.7. The third-order valence-electron chi connectivity index (χ3n) is 8.02. The fraction of sp³-hybridized carbons (Fsp3) is 0.448. The van der Waals surface area contributed by atoms with E-state index in [1.807, 2.05) is 0 Å². The van der Waals surface area contributed by atoms with Crippen molar-refractivity contribution in [3.05, 3.63) is 59.4 Å². The molecule has 0 unspecified atom stereocenters. The Morgan fingerprint density at radius 1 is 0.844 bits per heavy atom. The summed E-state index contributed by atoms with van der Waals surface area (Å²) in [6.45, 7) is 2.20. The van der Waals surface area contributed by atoms with Crippen molar-refractivity contribution in [1.29, 1.82) is 0 Å². The van der Waals surface area contributed by atoms with Crippen molar-refractivity contribution in [2.75, 3.05) is 0 Å². The van der Waals surface area contributed by atoms with E-state index in [1.165, 1.54) is 91.3 Å². The molecule has 4 aromatic rings. The summed E-state index contributed by atoms with van der Waals surface area (Å²) in [7, 11) is 2.15. The summed E-state index contributed by atoms with van der Waals surface area (Å²) >= 11 is 0. The normalized spacial score (nSPS) is 18.2. The predicted octanol–water partition coefficient (Wildman–Crippen LogP) is 7.49. The van der Waals surface area contributed by atoms with Crippen LogP contribution in [0.4, 0.5) is 0 Å². The second kappa shape index (κ2) is 8.03. The van der Waals surface area contributed by atoms with Gasteiger partial charge in [-0.15, -0.1) is 0 Å². The van der Waals surface area contributed by atoms with E-state index in [4.69, 9.17) is 9.40 Å². The number of aromatic nitrogens is 2. The molecule has 2 aliphatic rings. The largest absolute Gasteiger partial charge is 0.437 e. The second-order valence-corrected chi connectivity index (χ2v) is 10.1. The minimum atomic E-state index is 0.587. The van der Waals surface area contributed by atoms with E-state index in [1.54, 1.807) is 0 Å². The Bertz CT molecular complexity index is 1290. The topological polar surface area (TPSA) is 29.9 Å². The average Bonchev–Trinajstić information content (AvgIpc) is 3.48. The second-order valence-electron chi connectivity index (χ2n) is 10.1. The Balaban J connectivity index is 1.51. The molecule has 0 radical (unpaired) electrons. The molecule has 3 heteroatoms. The van der Waals surface area contributed by atoms with E-state index in [0.29, 0.717) is 11.8 Å². The smallest absolute Gasteiger partial charge is 0.227 e. The van der Waals surface area contributed by atoms with Crippen molar-refractivity contribution in [1.82, 2.24) is 4.98 Å². The van der Waals surface area contributed by atoms with Crippen LogP contribution in [0.5, 0.6) is 0 Å². The Kier molecular flexibility index (Phi) is 5.01. The molecule has 2 saturated carbocycles. The lowest BCUT2D eigenvalue weighted by Crippen LogP contribution is -2.31. The van der Waals surface area contributed by atoms with Gasteiger partial charge in [0.1, 0.15) is 7.05 Å². The highest BCUT2D eigenvalue weighted by molar-refractivity contribution is 6.08. The zero-order valence-electron chi connectivity index (χ0n) is 19.4. The van der Waals surface area contributed by atoms with Gasteiger partial charge in [-0.25, -0.2) is 9.55 Å². The van der Waals surface area contributed by atoms with Gasteiger partial charge in [-0.2, -0.15) is 0 Å². The highest BCUT2D eigenvalue weighted by Crippen LogP contribution is 2.40. The van der Waals surface area contributed by atoms with Crippen molar-refractivity contribution in [2.45, 2.75) is 76.5 Å². The van der Waals surface area contributed by atoms with E-state index in [0.717, 1.165) is 16.7 Å². The van der Waals surface area contributed by atoms with Gasteiger partial charge in [-0.05, 0) is 61.8 Å². The van der Waals surface area contributed by atoms with Crippen LogP contribution in [-0.2, 0) is 7.05 Å². The third kappa shape index (κ3) is 3.34. The molecular weight excluding hydrogens is 392 g/mol. The quantitative estimate of drug-likeness (QED) is 0.318. The molecule has 3 nitrogen and oxygen atoms in total. The molecule has 0 atom stereocenters. The van der Waals surface area contributed by atoms with Crippen LogP contribution in [0.25, 0.3) is 33.3 Å². The Labute approximate surface area is 190 Å². The first-order valence-electron chi connectivity index (χ1n) is 12.5. The maximum atomic E-state index is 6.55. The van der Waals surface area contributed by atoms with Crippen LogP contribution >= 0.6 is 0 Å². The SMILES string of the molecule is Cc1ccc2c(oc3nc(C4CCCCC4)ccc32)c1-c1cc(C2CCCC2)cc[n+]1C. The van der Waals surface area contributed by atoms with Gasteiger partial charge in [0.05, 0.1) is 5.56 Å². The van der Waals surface area contributed by atoms with Gasteiger partial charge in [-0.1, -0.05) is 44.2 Å². The van der Waals surface area contributed by atoms with Crippen LogP contribution in [0.15, 0.2) is 47.0 Å². The van der Waals surface area contributed by atoms with Crippen LogP contribution in [0, 0.1) is 6.92 Å². The maximum Gasteiger partial charge on any atom is 0.227 e. The number of nitrogens with zero attached hydrogens (tertiary/aromatic N) is 2. The molecule has 0 aliphatic heterocycles. The summed E-state index contributed by atoms with van der Waals surface area (Å²) in [4.78, 5) is 5.03. The molecule has 0 N–H and O–H groups in total. The maximum absolute atomic E-state index is 6.55. The summed E-state index contributed by atoms with van der Waals surface area (Å²) < 4.78 is 8.79. The van der Waals surface area contributed by atoms with Gasteiger partial charge in [0.2, 0.25) is 11.4 Å². The molecule has 6 rings (SSSR count). The first-order valence-corrected chi connectivity index (χ1v) is 12.5. The number of fused-ring (bicyclic) bond motifs is 3. The van der Waals surface area contributed by atoms with E-state index in [2.05, 4.69) is 61.1 Å². The molecule has 164 valence electrons. The zero-order valence-corrected chi connectivity index (χ0v) is 19.4. The van der Waals surface area contributed by atoms with Gasteiger partial charge in [-0.3, -0.25) is 0 Å². The van der Waals surface area contributed by atoms with Crippen molar-refractivity contribution in [3.63, 3.8) is 0 Å². The molecule has 2 fully saturated rings. The molecule has 0 spiro atoms. The molecule has 0 amide bonds. The minimum Gasteiger partial charge on any atom is -0.437 e. The standard InChI is InChI=1S/C29H33N2O/c1-19-12-13-23-24-14-15-25(21-10-4-3-5-11-21)30-29(24)32-28(23)27(19)26-18-22(16-17-31(26)2)20-8-6-7-9-20/h12-18,20-21H,3-11H2,1-2H3/q+1. The fourth-order valence-electron chi connectivity index (χ4n) is 6.13. The van der Waals surface area contributed by atoms with E-state index in [-0.39, 0.29) is 0 Å². The van der Waals surface area contributed by atoms with Crippen LogP contribution in [0.2, 0.25) is 0 Å². The third-order valence-corrected chi connectivity index (χ3v) is 8.02. The number of hydrogen-bond acceptors (Lipinski definition) is 2. The van der Waals surface area contributed by atoms with Gasteiger partial charge < -0.3 is 4.42 Å². The molecule has 2 aliphatic carbocycles. The highest BCUT2D eigenvalue weighted by Gasteiger charge is 2.25. The lowest BCUT2D eigenvalue weighted by atomic mass is 9.86. The monoisotopic (exact) mass is 425 g/mol. The van der Waals surface area contributed by atoms with Crippen LogP contribution in [0.3, 0.4) is 0 Å². The van der Waals surface area contributed by atoms with Crippen LogP contribution in [0.1, 0.15) is 86.4 Å². The highest BCUT2D eigenvalue weighted by atomic mass is 16.3. The van der Waals surface area contributed by atoms with Gasteiger partial charge in [0, 0.05) is 34.5 Å². The molecule has 0 bridgehead atoms. The zero-order chi connectivity index (χ0) is 21.7. The van der Waals surface area contributed by atoms with Crippen molar-refractivity contribution in [2.24, 2.45) is 7.05 Å². The molecule has 0 saturated heterocycles. The number of furan rings is 1. The summed E-state index contributed by atoms with van der Waals surface area (Å²) in [6.07, 6.45) is 14.1. The predicted molar refractivity (Wildman–Crippen MR) is 130 cm³/mol. The summed E-state index contributed by atoms with van der Waals surface area (Å²) in [5, 5.41) is 2.31. The van der Waals surface area contributed by atoms with Crippen molar-refractivity contribution >= 4 is 22.1 Å². The molecule has 32 heavy (non-hydrogen) atoms. The molecule has 3 aromatic heterocycles. The fourth-order valence-corrected chi connectivity index (χ4v) is 6.13. The number of benzene rings is 1. The van der Waals surface area contributed by atoms with Gasteiger partial charge in [0.15, 0.2) is 11.8 Å². The lowest BCUT2D eigenvalue weighted by Gasteiger charge is -2.20. The summed E-state index contributed by atoms with van der Waals surface area (Å²) in [5.41, 5.74) is 8.16. The van der Waals surface area contributed by atoms with Gasteiger partial charge >= 0.3 is 0 Å². The van der Waals surface area contributed by atoms with Crippen molar-refractivity contribution in [3.8, 4) is 11.3 Å². The first kappa shape index (κ1) is 20.0. The first-order chi connectivity index (χ1) is 15.7. The number of aryl methyl sites for hydroxylation is 2. The average molecular weight is 426 g/mol. The Morgan fingerprint density at radius 3 is 2.38 bits per heavy atom.